The molecule has 0 fully saturated rings. The van der Waals surface area contributed by atoms with Gasteiger partial charge in [-0.15, -0.1) is 0 Å². The molecule has 0 unspecified atom stereocenters. The maximum absolute atomic E-state index is 13.7. The zero-order valence-corrected chi connectivity index (χ0v) is 12.8. The highest BCUT2D eigenvalue weighted by atomic mass is 79.9. The Morgan fingerprint density at radius 2 is 2.15 bits per heavy atom. The zero-order valence-electron chi connectivity index (χ0n) is 11.2. The average Bonchev–Trinajstić information content (AvgIpc) is 2.40. The van der Waals surface area contributed by atoms with Crippen molar-refractivity contribution in [3.8, 4) is 11.6 Å². The van der Waals surface area contributed by atoms with Gasteiger partial charge in [0.25, 0.3) is 0 Å². The highest BCUT2D eigenvalue weighted by Crippen LogP contribution is 2.25. The summed E-state index contributed by atoms with van der Waals surface area (Å²) in [6.45, 7) is 4.68. The van der Waals surface area contributed by atoms with Crippen molar-refractivity contribution < 1.29 is 9.13 Å². The Labute approximate surface area is 125 Å². The molecule has 0 saturated heterocycles. The highest BCUT2D eigenvalue weighted by Gasteiger charge is 2.07. The van der Waals surface area contributed by atoms with Crippen LogP contribution >= 0.6 is 15.9 Å². The van der Waals surface area contributed by atoms with Crippen LogP contribution in [0.2, 0.25) is 0 Å². The summed E-state index contributed by atoms with van der Waals surface area (Å²) in [4.78, 5) is 8.32. The molecule has 1 aromatic heterocycles. The van der Waals surface area contributed by atoms with Gasteiger partial charge in [-0.1, -0.05) is 29.8 Å². The third-order valence-corrected chi connectivity index (χ3v) is 2.96. The standard InChI is InChI=1S/C14H15BrFN3O/c1-9(2)18-7-11-6-17-8-14(19-11)20-13-4-3-10(15)5-12(13)16/h3-6,8-9,18H,7H2,1-2H3. The Bertz CT molecular complexity index is 592. The molecular formula is C14H15BrFN3O. The second kappa shape index (κ2) is 6.76. The summed E-state index contributed by atoms with van der Waals surface area (Å²) in [5, 5.41) is 3.23. The molecule has 0 amide bonds. The third-order valence-electron chi connectivity index (χ3n) is 2.46. The number of aromatic nitrogens is 2. The SMILES string of the molecule is CC(C)NCc1cncc(Oc2ccc(Br)cc2F)n1. The summed E-state index contributed by atoms with van der Waals surface area (Å²) in [5.41, 5.74) is 0.744. The molecule has 0 aliphatic carbocycles. The Kier molecular flexibility index (Phi) is 5.03. The van der Waals surface area contributed by atoms with Gasteiger partial charge in [0.15, 0.2) is 11.6 Å². The topological polar surface area (TPSA) is 47.0 Å². The van der Waals surface area contributed by atoms with Crippen molar-refractivity contribution in [1.82, 2.24) is 15.3 Å². The van der Waals surface area contributed by atoms with E-state index in [9.17, 15) is 4.39 Å². The first-order chi connectivity index (χ1) is 9.54. The van der Waals surface area contributed by atoms with Crippen molar-refractivity contribution in [2.75, 3.05) is 0 Å². The number of halogens is 2. The van der Waals surface area contributed by atoms with E-state index < -0.39 is 5.82 Å². The van der Waals surface area contributed by atoms with Crippen molar-refractivity contribution in [3.05, 3.63) is 46.6 Å². The maximum atomic E-state index is 13.7. The lowest BCUT2D eigenvalue weighted by Gasteiger charge is -2.09. The van der Waals surface area contributed by atoms with Gasteiger partial charge >= 0.3 is 0 Å². The van der Waals surface area contributed by atoms with E-state index >= 15 is 0 Å². The summed E-state index contributed by atoms with van der Waals surface area (Å²) in [6, 6.07) is 4.94. The lowest BCUT2D eigenvalue weighted by molar-refractivity contribution is 0.422. The molecular weight excluding hydrogens is 325 g/mol. The van der Waals surface area contributed by atoms with E-state index in [2.05, 4.69) is 31.2 Å². The quantitative estimate of drug-likeness (QED) is 0.902. The van der Waals surface area contributed by atoms with Crippen LogP contribution in [0.3, 0.4) is 0 Å². The molecule has 1 heterocycles. The van der Waals surface area contributed by atoms with Crippen LogP contribution in [0.4, 0.5) is 4.39 Å². The molecule has 0 radical (unpaired) electrons. The van der Waals surface area contributed by atoms with Gasteiger partial charge in [-0.2, -0.15) is 0 Å². The molecule has 1 aromatic carbocycles. The fraction of sp³-hybridized carbons (Fsp3) is 0.286. The minimum Gasteiger partial charge on any atom is -0.434 e. The van der Waals surface area contributed by atoms with Gasteiger partial charge < -0.3 is 10.1 Å². The predicted octanol–water partition coefficient (Wildman–Crippen LogP) is 3.67. The monoisotopic (exact) mass is 339 g/mol. The Balaban J connectivity index is 2.11. The van der Waals surface area contributed by atoms with Crippen LogP contribution in [0.5, 0.6) is 11.6 Å². The Morgan fingerprint density at radius 1 is 1.35 bits per heavy atom. The fourth-order valence-corrected chi connectivity index (χ4v) is 1.83. The van der Waals surface area contributed by atoms with Crippen molar-refractivity contribution >= 4 is 15.9 Å². The highest BCUT2D eigenvalue weighted by molar-refractivity contribution is 9.10. The number of hydrogen-bond acceptors (Lipinski definition) is 4. The van der Waals surface area contributed by atoms with Crippen LogP contribution < -0.4 is 10.1 Å². The van der Waals surface area contributed by atoms with Crippen molar-refractivity contribution in [2.45, 2.75) is 26.4 Å². The number of rotatable bonds is 5. The van der Waals surface area contributed by atoms with Crippen LogP contribution in [0.15, 0.2) is 35.1 Å². The molecule has 4 nitrogen and oxygen atoms in total. The van der Waals surface area contributed by atoms with Crippen molar-refractivity contribution in [3.63, 3.8) is 0 Å². The normalized spacial score (nSPS) is 10.8. The Morgan fingerprint density at radius 3 is 2.85 bits per heavy atom. The van der Waals surface area contributed by atoms with Crippen LogP contribution in [0, 0.1) is 5.82 Å². The van der Waals surface area contributed by atoms with Gasteiger partial charge in [-0.3, -0.25) is 4.98 Å². The number of nitrogens with zero attached hydrogens (tertiary/aromatic N) is 2. The summed E-state index contributed by atoms with van der Waals surface area (Å²) >= 11 is 3.20. The number of hydrogen-bond donors (Lipinski definition) is 1. The molecule has 6 heteroatoms. The van der Waals surface area contributed by atoms with Gasteiger partial charge in [0.2, 0.25) is 5.88 Å². The summed E-state index contributed by atoms with van der Waals surface area (Å²) in [6.07, 6.45) is 3.11. The van der Waals surface area contributed by atoms with Crippen LogP contribution in [0.1, 0.15) is 19.5 Å². The second-order valence-corrected chi connectivity index (χ2v) is 5.48. The third kappa shape index (κ3) is 4.25. The summed E-state index contributed by atoms with van der Waals surface area (Å²) < 4.78 is 19.7. The first kappa shape index (κ1) is 14.9. The molecule has 0 atom stereocenters. The summed E-state index contributed by atoms with van der Waals surface area (Å²) in [5.74, 6) is -0.0577. The number of ether oxygens (including phenoxy) is 1. The molecule has 0 spiro atoms. The van der Waals surface area contributed by atoms with E-state index in [4.69, 9.17) is 4.74 Å². The first-order valence-electron chi connectivity index (χ1n) is 6.22. The number of nitrogens with one attached hydrogen (secondary N) is 1. The molecule has 0 bridgehead atoms. The minimum absolute atomic E-state index is 0.122. The fourth-order valence-electron chi connectivity index (χ4n) is 1.50. The van der Waals surface area contributed by atoms with Crippen molar-refractivity contribution in [1.29, 1.82) is 0 Å². The lowest BCUT2D eigenvalue weighted by Crippen LogP contribution is -2.22. The van der Waals surface area contributed by atoms with Gasteiger partial charge in [0.05, 0.1) is 11.9 Å². The lowest BCUT2D eigenvalue weighted by atomic mass is 10.3. The minimum atomic E-state index is -0.452. The molecule has 106 valence electrons. The second-order valence-electron chi connectivity index (χ2n) is 4.56. The van der Waals surface area contributed by atoms with Gasteiger partial charge in [-0.25, -0.2) is 9.37 Å². The zero-order chi connectivity index (χ0) is 14.5. The van der Waals surface area contributed by atoms with Crippen molar-refractivity contribution in [2.24, 2.45) is 0 Å². The molecule has 0 saturated carbocycles. The maximum Gasteiger partial charge on any atom is 0.238 e. The molecule has 2 aromatic rings. The van der Waals surface area contributed by atoms with E-state index in [-0.39, 0.29) is 11.6 Å². The summed E-state index contributed by atoms with van der Waals surface area (Å²) in [7, 11) is 0. The molecule has 1 N–H and O–H groups in total. The van der Waals surface area contributed by atoms with Gasteiger partial charge in [0.1, 0.15) is 0 Å². The largest absolute Gasteiger partial charge is 0.434 e. The molecule has 20 heavy (non-hydrogen) atoms. The molecule has 0 aliphatic rings. The van der Waals surface area contributed by atoms with Crippen LogP contribution in [-0.2, 0) is 6.54 Å². The van der Waals surface area contributed by atoms with Gasteiger partial charge in [-0.05, 0) is 18.2 Å². The number of benzene rings is 1. The predicted molar refractivity (Wildman–Crippen MR) is 78.2 cm³/mol. The first-order valence-corrected chi connectivity index (χ1v) is 7.01. The smallest absolute Gasteiger partial charge is 0.238 e. The molecule has 2 rings (SSSR count). The average molecular weight is 340 g/mol. The Hall–Kier alpha value is -1.53. The van der Waals surface area contributed by atoms with E-state index in [1.54, 1.807) is 18.3 Å². The molecule has 0 aliphatic heterocycles. The van der Waals surface area contributed by atoms with E-state index in [1.807, 2.05) is 13.8 Å². The van der Waals surface area contributed by atoms with E-state index in [0.29, 0.717) is 17.1 Å². The van der Waals surface area contributed by atoms with Crippen LogP contribution in [-0.4, -0.2) is 16.0 Å². The van der Waals surface area contributed by atoms with E-state index in [0.717, 1.165) is 5.69 Å². The van der Waals surface area contributed by atoms with E-state index in [1.165, 1.54) is 12.3 Å². The van der Waals surface area contributed by atoms with Gasteiger partial charge in [0, 0.05) is 23.3 Å². The van der Waals surface area contributed by atoms with Crippen LogP contribution in [0.25, 0.3) is 0 Å².